The van der Waals surface area contributed by atoms with Crippen molar-refractivity contribution < 1.29 is 0 Å². The van der Waals surface area contributed by atoms with Crippen LogP contribution < -0.4 is 4.90 Å². The molecule has 0 aliphatic heterocycles. The molecular formula is C16H19N. The quantitative estimate of drug-likeness (QED) is 0.749. The van der Waals surface area contributed by atoms with Crippen LogP contribution in [0.2, 0.25) is 0 Å². The lowest BCUT2D eigenvalue weighted by Crippen LogP contribution is -2.18. The van der Waals surface area contributed by atoms with Crippen LogP contribution in [0.25, 0.3) is 0 Å². The third kappa shape index (κ3) is 3.63. The Hall–Kier alpha value is -1.76. The largest absolute Gasteiger partial charge is 0.375 e. The molecule has 2 aromatic rings. The van der Waals surface area contributed by atoms with Crippen molar-refractivity contribution >= 4 is 5.69 Å². The van der Waals surface area contributed by atoms with Gasteiger partial charge in [-0.2, -0.15) is 0 Å². The van der Waals surface area contributed by atoms with Crippen LogP contribution in [0, 0.1) is 0 Å². The number of hydrogen-bond donors (Lipinski definition) is 0. The molecule has 0 aliphatic carbocycles. The van der Waals surface area contributed by atoms with E-state index in [0.29, 0.717) is 0 Å². The summed E-state index contributed by atoms with van der Waals surface area (Å²) in [6.07, 6.45) is 2.34. The molecule has 0 atom stereocenters. The van der Waals surface area contributed by atoms with Gasteiger partial charge in [0, 0.05) is 19.3 Å². The highest BCUT2D eigenvalue weighted by Gasteiger charge is 1.99. The first-order valence-electron chi connectivity index (χ1n) is 6.16. The Morgan fingerprint density at radius 2 is 1.41 bits per heavy atom. The molecule has 17 heavy (non-hydrogen) atoms. The van der Waals surface area contributed by atoms with Crippen molar-refractivity contribution in [1.82, 2.24) is 0 Å². The smallest absolute Gasteiger partial charge is 0.0363 e. The van der Waals surface area contributed by atoms with Crippen LogP contribution in [0.3, 0.4) is 0 Å². The van der Waals surface area contributed by atoms with Gasteiger partial charge in [0.1, 0.15) is 0 Å². The Labute approximate surface area is 104 Å². The number of anilines is 1. The molecule has 0 heterocycles. The molecule has 1 heteroatoms. The molecule has 0 fully saturated rings. The Balaban J connectivity index is 1.79. The predicted octanol–water partition coefficient (Wildman–Crippen LogP) is 3.76. The van der Waals surface area contributed by atoms with Gasteiger partial charge >= 0.3 is 0 Å². The van der Waals surface area contributed by atoms with Gasteiger partial charge in [-0.1, -0.05) is 48.5 Å². The highest BCUT2D eigenvalue weighted by molar-refractivity contribution is 5.44. The van der Waals surface area contributed by atoms with E-state index >= 15 is 0 Å². The van der Waals surface area contributed by atoms with Crippen LogP contribution in [0.5, 0.6) is 0 Å². The molecule has 2 rings (SSSR count). The summed E-state index contributed by atoms with van der Waals surface area (Å²) in [7, 11) is 2.15. The SMILES string of the molecule is CN(CCCc1ccccc1)c1ccccc1. The van der Waals surface area contributed by atoms with E-state index in [9.17, 15) is 0 Å². The fourth-order valence-electron chi connectivity index (χ4n) is 1.98. The maximum atomic E-state index is 2.31. The topological polar surface area (TPSA) is 3.24 Å². The number of para-hydroxylation sites is 1. The zero-order valence-electron chi connectivity index (χ0n) is 10.3. The van der Waals surface area contributed by atoms with Crippen LogP contribution in [-0.2, 0) is 6.42 Å². The molecule has 1 nitrogen and oxygen atoms in total. The van der Waals surface area contributed by atoms with Gasteiger partial charge in [-0.05, 0) is 30.5 Å². The van der Waals surface area contributed by atoms with Gasteiger partial charge in [0.2, 0.25) is 0 Å². The Morgan fingerprint density at radius 3 is 2.06 bits per heavy atom. The molecule has 2 aromatic carbocycles. The van der Waals surface area contributed by atoms with E-state index in [1.807, 2.05) is 0 Å². The van der Waals surface area contributed by atoms with Crippen LogP contribution in [-0.4, -0.2) is 13.6 Å². The van der Waals surface area contributed by atoms with Crippen molar-refractivity contribution in [2.75, 3.05) is 18.5 Å². The van der Waals surface area contributed by atoms with Crippen molar-refractivity contribution in [3.05, 3.63) is 66.2 Å². The number of benzene rings is 2. The molecule has 0 unspecified atom stereocenters. The number of hydrogen-bond acceptors (Lipinski definition) is 1. The van der Waals surface area contributed by atoms with Gasteiger partial charge in [-0.25, -0.2) is 0 Å². The van der Waals surface area contributed by atoms with Crippen LogP contribution in [0.1, 0.15) is 12.0 Å². The predicted molar refractivity (Wildman–Crippen MR) is 74.5 cm³/mol. The van der Waals surface area contributed by atoms with Gasteiger partial charge in [0.25, 0.3) is 0 Å². The van der Waals surface area contributed by atoms with Crippen molar-refractivity contribution in [3.63, 3.8) is 0 Å². The lowest BCUT2D eigenvalue weighted by molar-refractivity contribution is 0.786. The van der Waals surface area contributed by atoms with E-state index in [2.05, 4.69) is 72.6 Å². The number of aryl methyl sites for hydroxylation is 1. The fraction of sp³-hybridized carbons (Fsp3) is 0.250. The lowest BCUT2D eigenvalue weighted by Gasteiger charge is -2.18. The number of rotatable bonds is 5. The van der Waals surface area contributed by atoms with E-state index < -0.39 is 0 Å². The zero-order chi connectivity index (χ0) is 11.9. The number of nitrogens with zero attached hydrogens (tertiary/aromatic N) is 1. The van der Waals surface area contributed by atoms with Crippen LogP contribution >= 0.6 is 0 Å². The minimum atomic E-state index is 1.10. The van der Waals surface area contributed by atoms with Crippen LogP contribution in [0.4, 0.5) is 5.69 Å². The minimum absolute atomic E-state index is 1.10. The summed E-state index contributed by atoms with van der Waals surface area (Å²) in [6, 6.07) is 21.2. The average Bonchev–Trinajstić information content (AvgIpc) is 2.41. The maximum absolute atomic E-state index is 2.31. The average molecular weight is 225 g/mol. The van der Waals surface area contributed by atoms with Crippen molar-refractivity contribution in [1.29, 1.82) is 0 Å². The summed E-state index contributed by atoms with van der Waals surface area (Å²) in [6.45, 7) is 1.10. The van der Waals surface area contributed by atoms with Crippen molar-refractivity contribution in [2.45, 2.75) is 12.8 Å². The van der Waals surface area contributed by atoms with Gasteiger partial charge < -0.3 is 4.90 Å². The van der Waals surface area contributed by atoms with E-state index in [4.69, 9.17) is 0 Å². The highest BCUT2D eigenvalue weighted by Crippen LogP contribution is 2.12. The second-order valence-corrected chi connectivity index (χ2v) is 4.35. The second kappa shape index (κ2) is 6.09. The van der Waals surface area contributed by atoms with Gasteiger partial charge in [-0.15, -0.1) is 0 Å². The molecular weight excluding hydrogens is 206 g/mol. The third-order valence-corrected chi connectivity index (χ3v) is 3.00. The molecule has 0 aromatic heterocycles. The summed E-state index contributed by atoms with van der Waals surface area (Å²) in [5, 5.41) is 0. The molecule has 0 amide bonds. The second-order valence-electron chi connectivity index (χ2n) is 4.35. The van der Waals surface area contributed by atoms with Crippen molar-refractivity contribution in [2.24, 2.45) is 0 Å². The summed E-state index contributed by atoms with van der Waals surface area (Å²) in [4.78, 5) is 2.31. The van der Waals surface area contributed by atoms with Crippen molar-refractivity contribution in [3.8, 4) is 0 Å². The van der Waals surface area contributed by atoms with Gasteiger partial charge in [0.05, 0.1) is 0 Å². The van der Waals surface area contributed by atoms with E-state index in [1.54, 1.807) is 0 Å². The Kier molecular flexibility index (Phi) is 4.20. The molecule has 0 saturated carbocycles. The Morgan fingerprint density at radius 1 is 0.824 bits per heavy atom. The van der Waals surface area contributed by atoms with E-state index in [1.165, 1.54) is 17.7 Å². The molecule has 0 bridgehead atoms. The summed E-state index contributed by atoms with van der Waals surface area (Å²) in [5.41, 5.74) is 2.72. The van der Waals surface area contributed by atoms with Crippen LogP contribution in [0.15, 0.2) is 60.7 Å². The summed E-state index contributed by atoms with van der Waals surface area (Å²) in [5.74, 6) is 0. The molecule has 0 spiro atoms. The zero-order valence-corrected chi connectivity index (χ0v) is 10.3. The minimum Gasteiger partial charge on any atom is -0.375 e. The molecule has 0 N–H and O–H groups in total. The summed E-state index contributed by atoms with van der Waals surface area (Å²) < 4.78 is 0. The monoisotopic (exact) mass is 225 g/mol. The van der Waals surface area contributed by atoms with E-state index in [-0.39, 0.29) is 0 Å². The standard InChI is InChI=1S/C16H19N/c1-17(16-12-6-3-7-13-16)14-8-11-15-9-4-2-5-10-15/h2-7,9-10,12-13H,8,11,14H2,1H3. The first kappa shape index (κ1) is 11.7. The molecule has 0 aliphatic rings. The van der Waals surface area contributed by atoms with Gasteiger partial charge in [-0.3, -0.25) is 0 Å². The van der Waals surface area contributed by atoms with E-state index in [0.717, 1.165) is 13.0 Å². The first-order chi connectivity index (χ1) is 8.36. The lowest BCUT2D eigenvalue weighted by atomic mass is 10.1. The normalized spacial score (nSPS) is 10.2. The molecule has 0 radical (unpaired) electrons. The fourth-order valence-corrected chi connectivity index (χ4v) is 1.98. The highest BCUT2D eigenvalue weighted by atomic mass is 15.1. The maximum Gasteiger partial charge on any atom is 0.0363 e. The molecule has 88 valence electrons. The summed E-state index contributed by atoms with van der Waals surface area (Å²) >= 11 is 0. The van der Waals surface area contributed by atoms with Gasteiger partial charge in [0.15, 0.2) is 0 Å². The molecule has 0 saturated heterocycles. The third-order valence-electron chi connectivity index (χ3n) is 3.00. The Bertz CT molecular complexity index is 422. The first-order valence-corrected chi connectivity index (χ1v) is 6.16.